The highest BCUT2D eigenvalue weighted by atomic mass is 15.1. The average Bonchev–Trinajstić information content (AvgIpc) is 2.54. The molecule has 3 heteroatoms. The number of para-hydroxylation sites is 2. The first-order valence-corrected chi connectivity index (χ1v) is 5.04. The molecular formula is C11H13N3. The Hall–Kier alpha value is -1.35. The van der Waals surface area contributed by atoms with E-state index in [1.54, 1.807) is 0 Å². The summed E-state index contributed by atoms with van der Waals surface area (Å²) >= 11 is 0. The summed E-state index contributed by atoms with van der Waals surface area (Å²) in [5.74, 6) is 1.14. The van der Waals surface area contributed by atoms with E-state index in [2.05, 4.69) is 27.8 Å². The van der Waals surface area contributed by atoms with Gasteiger partial charge in [0.2, 0.25) is 0 Å². The molecule has 0 saturated heterocycles. The molecule has 2 N–H and O–H groups in total. The normalized spacial score (nSPS) is 21.1. The van der Waals surface area contributed by atoms with Crippen molar-refractivity contribution in [3.63, 3.8) is 0 Å². The van der Waals surface area contributed by atoms with Crippen molar-refractivity contribution in [1.82, 2.24) is 9.55 Å². The van der Waals surface area contributed by atoms with Crippen LogP contribution < -0.4 is 5.73 Å². The molecule has 0 bridgehead atoms. The molecule has 1 aliphatic rings. The first-order valence-electron chi connectivity index (χ1n) is 5.04. The van der Waals surface area contributed by atoms with Crippen LogP contribution in [-0.4, -0.2) is 15.6 Å². The second-order valence-electron chi connectivity index (χ2n) is 3.92. The van der Waals surface area contributed by atoms with Crippen LogP contribution in [0, 0.1) is 0 Å². The summed E-state index contributed by atoms with van der Waals surface area (Å²) < 4.78 is 2.29. The van der Waals surface area contributed by atoms with E-state index in [0.717, 1.165) is 30.7 Å². The molecule has 0 fully saturated rings. The van der Waals surface area contributed by atoms with Gasteiger partial charge in [0.1, 0.15) is 5.82 Å². The molecule has 2 aromatic rings. The minimum atomic E-state index is 0.291. The van der Waals surface area contributed by atoms with Gasteiger partial charge in [-0.2, -0.15) is 0 Å². The van der Waals surface area contributed by atoms with Crippen LogP contribution in [0.25, 0.3) is 11.0 Å². The number of imidazole rings is 1. The highest BCUT2D eigenvalue weighted by molar-refractivity contribution is 5.76. The van der Waals surface area contributed by atoms with E-state index < -0.39 is 0 Å². The highest BCUT2D eigenvalue weighted by Gasteiger charge is 2.18. The fourth-order valence-electron chi connectivity index (χ4n) is 2.16. The third-order valence-electron chi connectivity index (χ3n) is 2.90. The first-order chi connectivity index (χ1) is 6.84. The van der Waals surface area contributed by atoms with Crippen LogP contribution in [0.3, 0.4) is 0 Å². The number of fused-ring (bicyclic) bond motifs is 3. The predicted molar refractivity (Wildman–Crippen MR) is 56.0 cm³/mol. The minimum Gasteiger partial charge on any atom is -0.328 e. The molecule has 3 rings (SSSR count). The summed E-state index contributed by atoms with van der Waals surface area (Å²) in [5.41, 5.74) is 8.26. The molecule has 72 valence electrons. The summed E-state index contributed by atoms with van der Waals surface area (Å²) in [7, 11) is 0. The van der Waals surface area contributed by atoms with E-state index in [0.29, 0.717) is 6.04 Å². The molecule has 14 heavy (non-hydrogen) atoms. The Balaban J connectivity index is 2.24. The van der Waals surface area contributed by atoms with E-state index >= 15 is 0 Å². The molecule has 0 aliphatic carbocycles. The average molecular weight is 187 g/mol. The number of nitrogens with two attached hydrogens (primary N) is 1. The van der Waals surface area contributed by atoms with Gasteiger partial charge in [-0.05, 0) is 18.6 Å². The molecule has 0 amide bonds. The maximum Gasteiger partial charge on any atom is 0.111 e. The van der Waals surface area contributed by atoms with Crippen molar-refractivity contribution in [2.75, 3.05) is 0 Å². The SMILES string of the molecule is NC1CCn2c(nc3ccccc32)C1. The molecule has 1 aromatic carbocycles. The van der Waals surface area contributed by atoms with Gasteiger partial charge in [0, 0.05) is 19.0 Å². The highest BCUT2D eigenvalue weighted by Crippen LogP contribution is 2.21. The molecule has 1 aromatic heterocycles. The Labute approximate surface area is 82.5 Å². The number of hydrogen-bond acceptors (Lipinski definition) is 2. The van der Waals surface area contributed by atoms with Crippen LogP contribution in [-0.2, 0) is 13.0 Å². The van der Waals surface area contributed by atoms with E-state index in [1.807, 2.05) is 6.07 Å². The van der Waals surface area contributed by atoms with Gasteiger partial charge in [-0.25, -0.2) is 4.98 Å². The zero-order chi connectivity index (χ0) is 9.54. The number of aryl methyl sites for hydroxylation is 1. The molecule has 1 atom stereocenters. The smallest absolute Gasteiger partial charge is 0.111 e. The third kappa shape index (κ3) is 1.06. The number of benzene rings is 1. The quantitative estimate of drug-likeness (QED) is 0.675. The van der Waals surface area contributed by atoms with Crippen LogP contribution in [0.4, 0.5) is 0 Å². The van der Waals surface area contributed by atoms with E-state index in [-0.39, 0.29) is 0 Å². The summed E-state index contributed by atoms with van der Waals surface area (Å²) in [6.45, 7) is 1.01. The van der Waals surface area contributed by atoms with Crippen molar-refractivity contribution in [2.24, 2.45) is 5.73 Å². The van der Waals surface area contributed by atoms with Gasteiger partial charge in [0.05, 0.1) is 11.0 Å². The Morgan fingerprint density at radius 3 is 3.14 bits per heavy atom. The summed E-state index contributed by atoms with van der Waals surface area (Å²) in [6, 6.07) is 8.57. The lowest BCUT2D eigenvalue weighted by Crippen LogP contribution is -2.30. The molecule has 1 aliphatic heterocycles. The van der Waals surface area contributed by atoms with Crippen molar-refractivity contribution >= 4 is 11.0 Å². The predicted octanol–water partition coefficient (Wildman–Crippen LogP) is 1.31. The van der Waals surface area contributed by atoms with Crippen LogP contribution in [0.15, 0.2) is 24.3 Å². The number of aromatic nitrogens is 2. The molecule has 2 heterocycles. The van der Waals surface area contributed by atoms with Crippen molar-refractivity contribution in [1.29, 1.82) is 0 Å². The maximum atomic E-state index is 5.92. The number of rotatable bonds is 0. The summed E-state index contributed by atoms with van der Waals surface area (Å²) in [4.78, 5) is 4.59. The minimum absolute atomic E-state index is 0.291. The van der Waals surface area contributed by atoms with Crippen molar-refractivity contribution in [3.05, 3.63) is 30.1 Å². The van der Waals surface area contributed by atoms with E-state index in [1.165, 1.54) is 5.52 Å². The second-order valence-corrected chi connectivity index (χ2v) is 3.92. The lowest BCUT2D eigenvalue weighted by Gasteiger charge is -2.19. The van der Waals surface area contributed by atoms with Crippen molar-refractivity contribution in [2.45, 2.75) is 25.4 Å². The Kier molecular flexibility index (Phi) is 1.61. The first kappa shape index (κ1) is 8.00. The largest absolute Gasteiger partial charge is 0.328 e. The zero-order valence-corrected chi connectivity index (χ0v) is 7.98. The fraction of sp³-hybridized carbons (Fsp3) is 0.364. The Morgan fingerprint density at radius 2 is 2.21 bits per heavy atom. The van der Waals surface area contributed by atoms with Gasteiger partial charge in [-0.3, -0.25) is 0 Å². The molecule has 0 saturated carbocycles. The van der Waals surface area contributed by atoms with Crippen LogP contribution in [0.1, 0.15) is 12.2 Å². The van der Waals surface area contributed by atoms with E-state index in [4.69, 9.17) is 5.73 Å². The maximum absolute atomic E-state index is 5.92. The van der Waals surface area contributed by atoms with Crippen LogP contribution in [0.5, 0.6) is 0 Å². The Morgan fingerprint density at radius 1 is 1.36 bits per heavy atom. The summed E-state index contributed by atoms with van der Waals surface area (Å²) in [5, 5.41) is 0. The monoisotopic (exact) mass is 187 g/mol. The molecule has 0 radical (unpaired) electrons. The molecule has 1 unspecified atom stereocenters. The van der Waals surface area contributed by atoms with E-state index in [9.17, 15) is 0 Å². The van der Waals surface area contributed by atoms with Crippen molar-refractivity contribution in [3.8, 4) is 0 Å². The number of hydrogen-bond donors (Lipinski definition) is 1. The molecule has 0 spiro atoms. The lowest BCUT2D eigenvalue weighted by atomic mass is 10.1. The standard InChI is InChI=1S/C11H13N3/c12-8-5-6-14-10-4-2-1-3-9(10)13-11(14)7-8/h1-4,8H,5-7,12H2. The lowest BCUT2D eigenvalue weighted by molar-refractivity contribution is 0.471. The van der Waals surface area contributed by atoms with Gasteiger partial charge in [-0.15, -0.1) is 0 Å². The topological polar surface area (TPSA) is 43.8 Å². The Bertz CT molecular complexity index is 472. The fourth-order valence-corrected chi connectivity index (χ4v) is 2.16. The third-order valence-corrected chi connectivity index (χ3v) is 2.90. The summed E-state index contributed by atoms with van der Waals surface area (Å²) in [6.07, 6.45) is 1.97. The van der Waals surface area contributed by atoms with Gasteiger partial charge in [0.25, 0.3) is 0 Å². The van der Waals surface area contributed by atoms with Gasteiger partial charge < -0.3 is 10.3 Å². The van der Waals surface area contributed by atoms with Gasteiger partial charge in [0.15, 0.2) is 0 Å². The van der Waals surface area contributed by atoms with Crippen LogP contribution in [0.2, 0.25) is 0 Å². The second kappa shape index (κ2) is 2.82. The van der Waals surface area contributed by atoms with Crippen LogP contribution >= 0.6 is 0 Å². The zero-order valence-electron chi connectivity index (χ0n) is 7.98. The number of nitrogens with zero attached hydrogens (tertiary/aromatic N) is 2. The molecular weight excluding hydrogens is 174 g/mol. The van der Waals surface area contributed by atoms with Gasteiger partial charge in [-0.1, -0.05) is 12.1 Å². The van der Waals surface area contributed by atoms with Gasteiger partial charge >= 0.3 is 0 Å². The van der Waals surface area contributed by atoms with Crippen molar-refractivity contribution < 1.29 is 0 Å². The molecule has 3 nitrogen and oxygen atoms in total.